The molecule has 104 valence electrons. The van der Waals surface area contributed by atoms with E-state index in [2.05, 4.69) is 29.6 Å². The molecule has 0 bridgehead atoms. The molecule has 0 aromatic heterocycles. The fraction of sp³-hybridized carbons (Fsp3) is 0.353. The Kier molecular flexibility index (Phi) is 3.59. The quantitative estimate of drug-likeness (QED) is 0.906. The third-order valence-corrected chi connectivity index (χ3v) is 3.77. The van der Waals surface area contributed by atoms with Crippen LogP contribution in [-0.4, -0.2) is 19.6 Å². The van der Waals surface area contributed by atoms with Gasteiger partial charge in [-0.25, -0.2) is 0 Å². The number of methoxy groups -OCH3 is 1. The van der Waals surface area contributed by atoms with E-state index in [1.54, 1.807) is 7.11 Å². The number of ether oxygens (including phenoxy) is 1. The summed E-state index contributed by atoms with van der Waals surface area (Å²) in [6.07, 6.45) is 2.98. The first kappa shape index (κ1) is 13.0. The molecule has 0 aliphatic heterocycles. The van der Waals surface area contributed by atoms with Crippen molar-refractivity contribution >= 4 is 16.7 Å². The summed E-state index contributed by atoms with van der Waals surface area (Å²) >= 11 is 0. The zero-order valence-corrected chi connectivity index (χ0v) is 11.7. The van der Waals surface area contributed by atoms with Crippen LogP contribution in [0.25, 0.3) is 10.8 Å². The Hall–Kier alpha value is -2.03. The summed E-state index contributed by atoms with van der Waals surface area (Å²) in [5.41, 5.74) is 1.24. The van der Waals surface area contributed by atoms with Gasteiger partial charge in [-0.05, 0) is 47.7 Å². The van der Waals surface area contributed by atoms with Gasteiger partial charge in [-0.2, -0.15) is 0 Å². The van der Waals surface area contributed by atoms with E-state index >= 15 is 0 Å². The predicted octanol–water partition coefficient (Wildman–Crippen LogP) is 2.92. The van der Waals surface area contributed by atoms with Crippen molar-refractivity contribution in [2.75, 3.05) is 13.7 Å². The van der Waals surface area contributed by atoms with Crippen LogP contribution in [0.15, 0.2) is 36.4 Å². The number of hydrogen-bond acceptors (Lipinski definition) is 2. The van der Waals surface area contributed by atoms with Gasteiger partial charge in [0.25, 0.3) is 0 Å². The standard InChI is InChI=1S/C17H19NO2/c1-20-16-7-6-13-3-2-12(10-15(13)11-16)8-9-18-17(19)14-4-5-14/h2-3,6-7,10-11,14H,4-5,8-9H2,1H3,(H,18,19). The number of amides is 1. The minimum atomic E-state index is 0.215. The number of nitrogens with one attached hydrogen (secondary N) is 1. The molecule has 0 spiro atoms. The molecule has 0 radical (unpaired) electrons. The first-order valence-corrected chi connectivity index (χ1v) is 7.10. The van der Waals surface area contributed by atoms with Gasteiger partial charge < -0.3 is 10.1 Å². The number of fused-ring (bicyclic) bond motifs is 1. The van der Waals surface area contributed by atoms with Crippen LogP contribution in [0.5, 0.6) is 5.75 Å². The normalized spacial score (nSPS) is 14.2. The van der Waals surface area contributed by atoms with Crippen LogP contribution in [0.4, 0.5) is 0 Å². The molecule has 1 saturated carbocycles. The molecule has 2 aromatic carbocycles. The van der Waals surface area contributed by atoms with Gasteiger partial charge in [0.1, 0.15) is 5.75 Å². The highest BCUT2D eigenvalue weighted by Crippen LogP contribution is 2.28. The van der Waals surface area contributed by atoms with Crippen molar-refractivity contribution in [3.05, 3.63) is 42.0 Å². The van der Waals surface area contributed by atoms with E-state index in [0.29, 0.717) is 6.54 Å². The van der Waals surface area contributed by atoms with Gasteiger partial charge in [0.15, 0.2) is 0 Å². The minimum Gasteiger partial charge on any atom is -0.497 e. The lowest BCUT2D eigenvalue weighted by molar-refractivity contribution is -0.122. The third kappa shape index (κ3) is 2.93. The molecule has 3 heteroatoms. The van der Waals surface area contributed by atoms with Crippen LogP contribution >= 0.6 is 0 Å². The summed E-state index contributed by atoms with van der Waals surface area (Å²) in [5, 5.41) is 5.38. The highest BCUT2D eigenvalue weighted by Gasteiger charge is 2.28. The zero-order chi connectivity index (χ0) is 13.9. The van der Waals surface area contributed by atoms with Gasteiger partial charge in [0.2, 0.25) is 5.91 Å². The van der Waals surface area contributed by atoms with E-state index in [9.17, 15) is 4.79 Å². The topological polar surface area (TPSA) is 38.3 Å². The Morgan fingerprint density at radius 3 is 2.75 bits per heavy atom. The van der Waals surface area contributed by atoms with Crippen LogP contribution in [0, 0.1) is 5.92 Å². The van der Waals surface area contributed by atoms with Crippen molar-refractivity contribution in [2.45, 2.75) is 19.3 Å². The van der Waals surface area contributed by atoms with Crippen molar-refractivity contribution in [1.29, 1.82) is 0 Å². The maximum Gasteiger partial charge on any atom is 0.223 e. The summed E-state index contributed by atoms with van der Waals surface area (Å²) in [6.45, 7) is 0.713. The molecular weight excluding hydrogens is 250 g/mol. The molecule has 3 nitrogen and oxygen atoms in total. The van der Waals surface area contributed by atoms with E-state index in [0.717, 1.165) is 25.0 Å². The SMILES string of the molecule is COc1ccc2ccc(CCNC(=O)C3CC3)cc2c1. The van der Waals surface area contributed by atoms with Crippen molar-refractivity contribution in [1.82, 2.24) is 5.32 Å². The Morgan fingerprint density at radius 1 is 1.20 bits per heavy atom. The Morgan fingerprint density at radius 2 is 2.00 bits per heavy atom. The van der Waals surface area contributed by atoms with Gasteiger partial charge in [0, 0.05) is 12.5 Å². The lowest BCUT2D eigenvalue weighted by Gasteiger charge is -2.07. The number of benzene rings is 2. The highest BCUT2D eigenvalue weighted by atomic mass is 16.5. The fourth-order valence-corrected chi connectivity index (χ4v) is 2.38. The van der Waals surface area contributed by atoms with Crippen LogP contribution < -0.4 is 10.1 Å². The van der Waals surface area contributed by atoms with Crippen LogP contribution in [0.2, 0.25) is 0 Å². The molecule has 1 aliphatic rings. The van der Waals surface area contributed by atoms with Crippen molar-refractivity contribution in [3.8, 4) is 5.75 Å². The van der Waals surface area contributed by atoms with E-state index in [1.165, 1.54) is 16.3 Å². The van der Waals surface area contributed by atoms with Gasteiger partial charge in [0.05, 0.1) is 7.11 Å². The van der Waals surface area contributed by atoms with Crippen molar-refractivity contribution < 1.29 is 9.53 Å². The molecule has 1 aliphatic carbocycles. The molecular formula is C17H19NO2. The molecule has 3 rings (SSSR count). The monoisotopic (exact) mass is 269 g/mol. The summed E-state index contributed by atoms with van der Waals surface area (Å²) in [4.78, 5) is 11.6. The number of carbonyl (C=O) groups excluding carboxylic acids is 1. The molecule has 1 N–H and O–H groups in total. The first-order chi connectivity index (χ1) is 9.76. The molecule has 0 saturated heterocycles. The maximum atomic E-state index is 11.6. The largest absolute Gasteiger partial charge is 0.497 e. The molecule has 2 aromatic rings. The lowest BCUT2D eigenvalue weighted by Crippen LogP contribution is -2.26. The van der Waals surface area contributed by atoms with Gasteiger partial charge >= 0.3 is 0 Å². The fourth-order valence-electron chi connectivity index (χ4n) is 2.38. The van der Waals surface area contributed by atoms with E-state index in [4.69, 9.17) is 4.74 Å². The summed E-state index contributed by atoms with van der Waals surface area (Å²) < 4.78 is 5.25. The third-order valence-electron chi connectivity index (χ3n) is 3.77. The second-order valence-electron chi connectivity index (χ2n) is 5.36. The van der Waals surface area contributed by atoms with Crippen LogP contribution in [0.1, 0.15) is 18.4 Å². The molecule has 0 unspecified atom stereocenters. The lowest BCUT2D eigenvalue weighted by atomic mass is 10.0. The van der Waals surface area contributed by atoms with Gasteiger partial charge in [-0.15, -0.1) is 0 Å². The second kappa shape index (κ2) is 5.53. The summed E-state index contributed by atoms with van der Waals surface area (Å²) in [5.74, 6) is 1.38. The van der Waals surface area contributed by atoms with Gasteiger partial charge in [-0.1, -0.05) is 24.3 Å². The first-order valence-electron chi connectivity index (χ1n) is 7.10. The molecule has 20 heavy (non-hydrogen) atoms. The number of hydrogen-bond donors (Lipinski definition) is 1. The predicted molar refractivity (Wildman–Crippen MR) is 79.9 cm³/mol. The molecule has 1 fully saturated rings. The van der Waals surface area contributed by atoms with Crippen LogP contribution in [0.3, 0.4) is 0 Å². The number of carbonyl (C=O) groups is 1. The Balaban J connectivity index is 1.66. The molecule has 0 heterocycles. The van der Waals surface area contributed by atoms with E-state index in [1.807, 2.05) is 12.1 Å². The molecule has 0 atom stereocenters. The van der Waals surface area contributed by atoms with Crippen molar-refractivity contribution in [3.63, 3.8) is 0 Å². The highest BCUT2D eigenvalue weighted by molar-refractivity contribution is 5.84. The van der Waals surface area contributed by atoms with Gasteiger partial charge in [-0.3, -0.25) is 4.79 Å². The zero-order valence-electron chi connectivity index (χ0n) is 11.7. The smallest absolute Gasteiger partial charge is 0.223 e. The van der Waals surface area contributed by atoms with Crippen molar-refractivity contribution in [2.24, 2.45) is 5.92 Å². The Labute approximate surface area is 118 Å². The average molecular weight is 269 g/mol. The van der Waals surface area contributed by atoms with E-state index in [-0.39, 0.29) is 11.8 Å². The minimum absolute atomic E-state index is 0.215. The summed E-state index contributed by atoms with van der Waals surface area (Å²) in [6, 6.07) is 12.5. The van der Waals surface area contributed by atoms with Crippen LogP contribution in [-0.2, 0) is 11.2 Å². The van der Waals surface area contributed by atoms with E-state index < -0.39 is 0 Å². The average Bonchev–Trinajstić information content (AvgIpc) is 3.31. The summed E-state index contributed by atoms with van der Waals surface area (Å²) in [7, 11) is 1.68. The second-order valence-corrected chi connectivity index (χ2v) is 5.36. The maximum absolute atomic E-state index is 11.6. The molecule has 1 amide bonds. The number of rotatable bonds is 5. The Bertz CT molecular complexity index is 632.